The maximum Gasteiger partial charge on any atom is 0.139 e. The lowest BCUT2D eigenvalue weighted by Crippen LogP contribution is -1.98. The van der Waals surface area contributed by atoms with Crippen LogP contribution >= 0.6 is 22.9 Å². The van der Waals surface area contributed by atoms with E-state index < -0.39 is 0 Å². The van der Waals surface area contributed by atoms with Gasteiger partial charge < -0.3 is 4.74 Å². The third-order valence-corrected chi connectivity index (χ3v) is 4.24. The van der Waals surface area contributed by atoms with Crippen LogP contribution in [-0.2, 0) is 11.2 Å². The number of rotatable bonds is 7. The van der Waals surface area contributed by atoms with Gasteiger partial charge in [0.05, 0.1) is 6.61 Å². The van der Waals surface area contributed by atoms with E-state index in [0.29, 0.717) is 6.61 Å². The molecule has 1 atom stereocenters. The summed E-state index contributed by atoms with van der Waals surface area (Å²) >= 11 is 7.97. The molecule has 19 heavy (non-hydrogen) atoms. The number of halogens is 1. The van der Waals surface area contributed by atoms with Crippen molar-refractivity contribution in [3.63, 3.8) is 0 Å². The quantitative estimate of drug-likeness (QED) is 0.575. The minimum absolute atomic E-state index is 0.219. The molecule has 0 bridgehead atoms. The molecule has 2 aromatic rings. The number of hydrogen-bond acceptors (Lipinski definition) is 4. The minimum Gasteiger partial charge on any atom is -0.381 e. The van der Waals surface area contributed by atoms with E-state index >= 15 is 0 Å². The molecule has 1 unspecified atom stereocenters. The minimum atomic E-state index is -0.219. The smallest absolute Gasteiger partial charge is 0.139 e. The van der Waals surface area contributed by atoms with Crippen molar-refractivity contribution in [2.75, 3.05) is 13.2 Å². The highest BCUT2D eigenvalue weighted by Gasteiger charge is 2.15. The van der Waals surface area contributed by atoms with Crippen LogP contribution in [0, 0.1) is 0 Å². The number of alkyl halides is 1. The van der Waals surface area contributed by atoms with Gasteiger partial charge in [-0.15, -0.1) is 21.8 Å². The third-order valence-electron chi connectivity index (χ3n) is 2.60. The Hall–Kier alpha value is -0.970. The van der Waals surface area contributed by atoms with Gasteiger partial charge in [-0.05, 0) is 12.0 Å². The molecule has 2 rings (SSSR count). The van der Waals surface area contributed by atoms with Crippen LogP contribution in [0.25, 0.3) is 0 Å². The molecule has 3 nitrogen and oxygen atoms in total. The van der Waals surface area contributed by atoms with Gasteiger partial charge in [-0.2, -0.15) is 0 Å². The van der Waals surface area contributed by atoms with Crippen molar-refractivity contribution in [1.29, 1.82) is 0 Å². The van der Waals surface area contributed by atoms with E-state index in [1.807, 2.05) is 30.3 Å². The van der Waals surface area contributed by atoms with Crippen molar-refractivity contribution >= 4 is 22.9 Å². The summed E-state index contributed by atoms with van der Waals surface area (Å²) in [6, 6.07) is 9.94. The van der Waals surface area contributed by atoms with Crippen LogP contribution < -0.4 is 0 Å². The molecule has 0 aliphatic carbocycles. The summed E-state index contributed by atoms with van der Waals surface area (Å²) in [6.45, 7) is 3.59. The lowest BCUT2D eigenvalue weighted by molar-refractivity contribution is 0.138. The number of benzene rings is 1. The summed E-state index contributed by atoms with van der Waals surface area (Å²) in [4.78, 5) is 0. The zero-order valence-corrected chi connectivity index (χ0v) is 12.5. The van der Waals surface area contributed by atoms with Gasteiger partial charge >= 0.3 is 0 Å². The molecule has 102 valence electrons. The van der Waals surface area contributed by atoms with Gasteiger partial charge in [0.1, 0.15) is 15.4 Å². The fourth-order valence-corrected chi connectivity index (χ4v) is 2.79. The Bertz CT molecular complexity index is 489. The molecule has 0 aliphatic heterocycles. The summed E-state index contributed by atoms with van der Waals surface area (Å²) in [7, 11) is 0. The Balaban J connectivity index is 1.93. The van der Waals surface area contributed by atoms with Crippen LogP contribution in [0.4, 0.5) is 0 Å². The Morgan fingerprint density at radius 1 is 1.21 bits per heavy atom. The lowest BCUT2D eigenvalue weighted by Gasteiger charge is -2.04. The fraction of sp³-hybridized carbons (Fsp3) is 0.429. The molecule has 0 aliphatic rings. The molecule has 5 heteroatoms. The number of nitrogens with zero attached hydrogens (tertiary/aromatic N) is 2. The maximum absolute atomic E-state index is 6.41. The largest absolute Gasteiger partial charge is 0.381 e. The highest BCUT2D eigenvalue weighted by atomic mass is 35.5. The van der Waals surface area contributed by atoms with Crippen LogP contribution in [0.2, 0.25) is 0 Å². The van der Waals surface area contributed by atoms with E-state index in [4.69, 9.17) is 16.3 Å². The van der Waals surface area contributed by atoms with Crippen molar-refractivity contribution in [1.82, 2.24) is 10.2 Å². The van der Waals surface area contributed by atoms with Gasteiger partial charge in [0.2, 0.25) is 0 Å². The van der Waals surface area contributed by atoms with E-state index in [1.165, 1.54) is 0 Å². The maximum atomic E-state index is 6.41. The SMILES string of the molecule is CCCOCCc1nnc(C(Cl)c2ccccc2)s1. The Labute approximate surface area is 122 Å². The van der Waals surface area contributed by atoms with Gasteiger partial charge in [0.25, 0.3) is 0 Å². The normalized spacial score (nSPS) is 12.5. The second kappa shape index (κ2) is 7.58. The summed E-state index contributed by atoms with van der Waals surface area (Å²) in [5.74, 6) is 0. The zero-order chi connectivity index (χ0) is 13.5. The molecule has 1 heterocycles. The Kier molecular flexibility index (Phi) is 5.76. The van der Waals surface area contributed by atoms with Crippen LogP contribution in [-0.4, -0.2) is 23.4 Å². The predicted octanol–water partition coefficient (Wildman–Crippen LogP) is 3.84. The van der Waals surface area contributed by atoms with Gasteiger partial charge in [-0.1, -0.05) is 48.6 Å². The average Bonchev–Trinajstić information content (AvgIpc) is 2.92. The molecule has 0 N–H and O–H groups in total. The molecule has 0 spiro atoms. The molecule has 0 radical (unpaired) electrons. The number of hydrogen-bond donors (Lipinski definition) is 0. The van der Waals surface area contributed by atoms with Crippen molar-refractivity contribution in [2.24, 2.45) is 0 Å². The van der Waals surface area contributed by atoms with Crippen molar-refractivity contribution < 1.29 is 4.74 Å². The van der Waals surface area contributed by atoms with Crippen LogP contribution in [0.15, 0.2) is 30.3 Å². The molecule has 0 saturated carbocycles. The predicted molar refractivity (Wildman–Crippen MR) is 78.9 cm³/mol. The van der Waals surface area contributed by atoms with E-state index in [9.17, 15) is 0 Å². The average molecular weight is 297 g/mol. The van der Waals surface area contributed by atoms with Gasteiger partial charge in [0.15, 0.2) is 0 Å². The van der Waals surface area contributed by atoms with Gasteiger partial charge in [-0.3, -0.25) is 0 Å². The molecule has 1 aromatic carbocycles. The highest BCUT2D eigenvalue weighted by molar-refractivity contribution is 7.11. The lowest BCUT2D eigenvalue weighted by atomic mass is 10.1. The topological polar surface area (TPSA) is 35.0 Å². The second-order valence-electron chi connectivity index (χ2n) is 4.17. The van der Waals surface area contributed by atoms with Crippen LogP contribution in [0.1, 0.15) is 34.3 Å². The monoisotopic (exact) mass is 296 g/mol. The number of aromatic nitrogens is 2. The first-order valence-corrected chi connectivity index (χ1v) is 7.65. The molecule has 1 aromatic heterocycles. The van der Waals surface area contributed by atoms with Crippen molar-refractivity contribution in [3.05, 3.63) is 45.9 Å². The van der Waals surface area contributed by atoms with E-state index in [2.05, 4.69) is 17.1 Å². The summed E-state index contributed by atoms with van der Waals surface area (Å²) in [6.07, 6.45) is 1.84. The van der Waals surface area contributed by atoms with Crippen LogP contribution in [0.5, 0.6) is 0 Å². The zero-order valence-electron chi connectivity index (χ0n) is 10.9. The first-order chi connectivity index (χ1) is 9.31. The highest BCUT2D eigenvalue weighted by Crippen LogP contribution is 2.30. The molecule has 0 saturated heterocycles. The van der Waals surface area contributed by atoms with E-state index in [-0.39, 0.29) is 5.38 Å². The third kappa shape index (κ3) is 4.27. The van der Waals surface area contributed by atoms with Crippen LogP contribution in [0.3, 0.4) is 0 Å². The number of ether oxygens (including phenoxy) is 1. The summed E-state index contributed by atoms with van der Waals surface area (Å²) in [5.41, 5.74) is 1.05. The fourth-order valence-electron chi connectivity index (χ4n) is 1.64. The summed E-state index contributed by atoms with van der Waals surface area (Å²) in [5, 5.41) is 9.94. The first kappa shape index (κ1) is 14.4. The first-order valence-electron chi connectivity index (χ1n) is 6.40. The Morgan fingerprint density at radius 2 is 2.00 bits per heavy atom. The van der Waals surface area contributed by atoms with Gasteiger partial charge in [0, 0.05) is 13.0 Å². The molecular formula is C14H17ClN2OS. The van der Waals surface area contributed by atoms with Crippen molar-refractivity contribution in [2.45, 2.75) is 25.1 Å². The van der Waals surface area contributed by atoms with E-state index in [1.54, 1.807) is 11.3 Å². The van der Waals surface area contributed by atoms with Crippen molar-refractivity contribution in [3.8, 4) is 0 Å². The molecule has 0 fully saturated rings. The summed E-state index contributed by atoms with van der Waals surface area (Å²) < 4.78 is 5.45. The molecular weight excluding hydrogens is 280 g/mol. The Morgan fingerprint density at radius 3 is 2.74 bits per heavy atom. The standard InChI is InChI=1S/C14H17ClN2OS/c1-2-9-18-10-8-12-16-17-14(19-12)13(15)11-6-4-3-5-7-11/h3-7,13H,2,8-10H2,1H3. The van der Waals surface area contributed by atoms with Gasteiger partial charge in [-0.25, -0.2) is 0 Å². The van der Waals surface area contributed by atoms with E-state index in [0.717, 1.165) is 35.0 Å². The second-order valence-corrected chi connectivity index (χ2v) is 5.70. The molecule has 0 amide bonds.